The molecule has 2 atom stereocenters. The summed E-state index contributed by atoms with van der Waals surface area (Å²) in [5.74, 6) is 0.0978. The zero-order valence-corrected chi connectivity index (χ0v) is 16.3. The Morgan fingerprint density at radius 2 is 1.79 bits per heavy atom. The Balaban J connectivity index is 0.00000264. The van der Waals surface area contributed by atoms with E-state index in [1.165, 1.54) is 5.56 Å². The summed E-state index contributed by atoms with van der Waals surface area (Å²) in [4.78, 5) is 14.1. The van der Waals surface area contributed by atoms with Crippen molar-refractivity contribution >= 4 is 30.7 Å². The number of rotatable bonds is 7. The lowest BCUT2D eigenvalue weighted by Crippen LogP contribution is -2.43. The third kappa shape index (κ3) is 6.25. The van der Waals surface area contributed by atoms with Crippen LogP contribution in [-0.2, 0) is 11.2 Å². The Morgan fingerprint density at radius 3 is 2.29 bits per heavy atom. The van der Waals surface area contributed by atoms with Crippen molar-refractivity contribution < 1.29 is 4.79 Å². The average Bonchev–Trinajstić information content (AvgIpc) is 3.07. The quantitative estimate of drug-likeness (QED) is 0.769. The maximum absolute atomic E-state index is 12.2. The number of benzene rings is 1. The van der Waals surface area contributed by atoms with Crippen LogP contribution >= 0.6 is 24.8 Å². The molecule has 0 bridgehead atoms. The highest BCUT2D eigenvalue weighted by atomic mass is 35.5. The second-order valence-electron chi connectivity index (χ2n) is 6.21. The molecule has 138 valence electrons. The second kappa shape index (κ2) is 11.7. The molecule has 0 radical (unpaired) electrons. The van der Waals surface area contributed by atoms with Gasteiger partial charge < -0.3 is 16.0 Å². The standard InChI is InChI=1S/C18H29N3O.2ClH/c1-3-6-17(20-2)15-9-7-14(8-10-15)13-16(19)18(22)21-11-4-5-12-21;;/h7-10,16-17,20H,3-6,11-13,19H2,1-2H3;2*1H. The number of nitrogens with one attached hydrogen (secondary N) is 1. The summed E-state index contributed by atoms with van der Waals surface area (Å²) in [5.41, 5.74) is 8.53. The van der Waals surface area contributed by atoms with E-state index in [1.807, 2.05) is 11.9 Å². The van der Waals surface area contributed by atoms with Crippen molar-refractivity contribution in [1.82, 2.24) is 10.2 Å². The maximum Gasteiger partial charge on any atom is 0.239 e. The number of carbonyl (C=O) groups is 1. The van der Waals surface area contributed by atoms with Gasteiger partial charge in [0.1, 0.15) is 0 Å². The van der Waals surface area contributed by atoms with Gasteiger partial charge in [0.15, 0.2) is 0 Å². The van der Waals surface area contributed by atoms with Crippen molar-refractivity contribution in [3.63, 3.8) is 0 Å². The number of nitrogens with two attached hydrogens (primary N) is 1. The van der Waals surface area contributed by atoms with Crippen LogP contribution in [0.5, 0.6) is 0 Å². The molecule has 24 heavy (non-hydrogen) atoms. The van der Waals surface area contributed by atoms with Crippen molar-refractivity contribution in [2.75, 3.05) is 20.1 Å². The SMILES string of the molecule is CCCC(NC)c1ccc(CC(N)C(=O)N2CCCC2)cc1.Cl.Cl. The van der Waals surface area contributed by atoms with Gasteiger partial charge in [0.2, 0.25) is 5.91 Å². The van der Waals surface area contributed by atoms with Gasteiger partial charge in [-0.15, -0.1) is 24.8 Å². The van der Waals surface area contributed by atoms with Gasteiger partial charge in [-0.1, -0.05) is 37.6 Å². The molecule has 1 aromatic rings. The fourth-order valence-electron chi connectivity index (χ4n) is 3.17. The highest BCUT2D eigenvalue weighted by molar-refractivity contribution is 5.85. The molecule has 1 aromatic carbocycles. The van der Waals surface area contributed by atoms with E-state index < -0.39 is 6.04 Å². The van der Waals surface area contributed by atoms with Crippen molar-refractivity contribution in [3.05, 3.63) is 35.4 Å². The van der Waals surface area contributed by atoms with Crippen LogP contribution in [0.1, 0.15) is 49.8 Å². The minimum absolute atomic E-state index is 0. The van der Waals surface area contributed by atoms with E-state index in [-0.39, 0.29) is 30.7 Å². The first-order valence-corrected chi connectivity index (χ1v) is 8.46. The molecule has 6 heteroatoms. The summed E-state index contributed by atoms with van der Waals surface area (Å²) in [5, 5.41) is 3.35. The Morgan fingerprint density at radius 1 is 1.21 bits per heavy atom. The van der Waals surface area contributed by atoms with Crippen LogP contribution in [0.2, 0.25) is 0 Å². The van der Waals surface area contributed by atoms with Gasteiger partial charge in [-0.3, -0.25) is 4.79 Å². The molecule has 1 heterocycles. The number of nitrogens with zero attached hydrogens (tertiary/aromatic N) is 1. The van der Waals surface area contributed by atoms with Crippen LogP contribution in [0.25, 0.3) is 0 Å². The first kappa shape index (κ1) is 23.2. The van der Waals surface area contributed by atoms with Crippen molar-refractivity contribution in [2.45, 2.75) is 51.1 Å². The van der Waals surface area contributed by atoms with E-state index in [1.54, 1.807) is 0 Å². The third-order valence-electron chi connectivity index (χ3n) is 4.50. The summed E-state index contributed by atoms with van der Waals surface area (Å²) < 4.78 is 0. The van der Waals surface area contributed by atoms with Crippen LogP contribution in [0, 0.1) is 0 Å². The first-order valence-electron chi connectivity index (χ1n) is 8.46. The van der Waals surface area contributed by atoms with E-state index in [0.29, 0.717) is 12.5 Å². The number of hydrogen-bond acceptors (Lipinski definition) is 3. The fraction of sp³-hybridized carbons (Fsp3) is 0.611. The number of carbonyl (C=O) groups excluding carboxylic acids is 1. The molecule has 0 spiro atoms. The van der Waals surface area contributed by atoms with Crippen molar-refractivity contribution in [1.29, 1.82) is 0 Å². The fourth-order valence-corrected chi connectivity index (χ4v) is 3.17. The molecule has 1 amide bonds. The number of hydrogen-bond donors (Lipinski definition) is 2. The highest BCUT2D eigenvalue weighted by Gasteiger charge is 2.23. The smallest absolute Gasteiger partial charge is 0.239 e. The zero-order valence-electron chi connectivity index (χ0n) is 14.7. The summed E-state index contributed by atoms with van der Waals surface area (Å²) in [7, 11) is 2.00. The summed E-state index contributed by atoms with van der Waals surface area (Å²) in [6, 6.07) is 8.50. The largest absolute Gasteiger partial charge is 0.341 e. The van der Waals surface area contributed by atoms with E-state index >= 15 is 0 Å². The molecule has 1 fully saturated rings. The molecular formula is C18H31Cl2N3O. The monoisotopic (exact) mass is 375 g/mol. The Labute approximate surface area is 158 Å². The predicted molar refractivity (Wildman–Crippen MR) is 105 cm³/mol. The molecule has 4 nitrogen and oxygen atoms in total. The van der Waals surface area contributed by atoms with Gasteiger partial charge in [0.25, 0.3) is 0 Å². The van der Waals surface area contributed by atoms with Crippen LogP contribution in [-0.4, -0.2) is 37.0 Å². The van der Waals surface area contributed by atoms with Gasteiger partial charge in [0, 0.05) is 19.1 Å². The Bertz CT molecular complexity index is 476. The molecule has 1 aliphatic heterocycles. The first-order chi connectivity index (χ1) is 10.7. The van der Waals surface area contributed by atoms with Gasteiger partial charge in [-0.2, -0.15) is 0 Å². The van der Waals surface area contributed by atoms with E-state index in [4.69, 9.17) is 5.73 Å². The van der Waals surface area contributed by atoms with E-state index in [0.717, 1.165) is 44.3 Å². The lowest BCUT2D eigenvalue weighted by atomic mass is 9.98. The minimum atomic E-state index is -0.417. The van der Waals surface area contributed by atoms with Gasteiger partial charge >= 0.3 is 0 Å². The minimum Gasteiger partial charge on any atom is -0.341 e. The summed E-state index contributed by atoms with van der Waals surface area (Å²) >= 11 is 0. The lowest BCUT2D eigenvalue weighted by molar-refractivity contribution is -0.131. The van der Waals surface area contributed by atoms with Crippen LogP contribution in [0.4, 0.5) is 0 Å². The Kier molecular flexibility index (Phi) is 11.3. The molecule has 3 N–H and O–H groups in total. The predicted octanol–water partition coefficient (Wildman–Crippen LogP) is 3.08. The van der Waals surface area contributed by atoms with E-state index in [2.05, 4.69) is 36.5 Å². The molecule has 2 unspecified atom stereocenters. The molecule has 2 rings (SSSR count). The molecule has 1 aliphatic rings. The summed E-state index contributed by atoms with van der Waals surface area (Å²) in [6.07, 6.45) is 5.12. The number of halogens is 2. The average molecular weight is 376 g/mol. The van der Waals surface area contributed by atoms with Crippen LogP contribution in [0.15, 0.2) is 24.3 Å². The van der Waals surface area contributed by atoms with Crippen molar-refractivity contribution in [2.24, 2.45) is 5.73 Å². The molecular weight excluding hydrogens is 345 g/mol. The molecule has 0 aromatic heterocycles. The van der Waals surface area contributed by atoms with Gasteiger partial charge in [-0.05, 0) is 43.9 Å². The van der Waals surface area contributed by atoms with Gasteiger partial charge in [-0.25, -0.2) is 0 Å². The Hall–Kier alpha value is -0.810. The molecule has 0 aliphatic carbocycles. The second-order valence-corrected chi connectivity index (χ2v) is 6.21. The van der Waals surface area contributed by atoms with Crippen molar-refractivity contribution in [3.8, 4) is 0 Å². The molecule has 1 saturated heterocycles. The number of amides is 1. The van der Waals surface area contributed by atoms with E-state index in [9.17, 15) is 4.79 Å². The lowest BCUT2D eigenvalue weighted by Gasteiger charge is -2.20. The highest BCUT2D eigenvalue weighted by Crippen LogP contribution is 2.19. The van der Waals surface area contributed by atoms with Crippen LogP contribution in [0.3, 0.4) is 0 Å². The molecule has 0 saturated carbocycles. The topological polar surface area (TPSA) is 58.4 Å². The number of likely N-dealkylation sites (tertiary alicyclic amines) is 1. The summed E-state index contributed by atoms with van der Waals surface area (Å²) in [6.45, 7) is 3.93. The van der Waals surface area contributed by atoms with Crippen LogP contribution < -0.4 is 11.1 Å². The zero-order chi connectivity index (χ0) is 15.9. The maximum atomic E-state index is 12.2. The van der Waals surface area contributed by atoms with Gasteiger partial charge in [0.05, 0.1) is 6.04 Å². The third-order valence-corrected chi connectivity index (χ3v) is 4.50. The normalized spacial score (nSPS) is 16.0.